The van der Waals surface area contributed by atoms with Crippen molar-refractivity contribution in [3.63, 3.8) is 0 Å². The molecule has 4 heteroatoms. The Labute approximate surface area is 109 Å². The highest BCUT2D eigenvalue weighted by Gasteiger charge is 2.22. The summed E-state index contributed by atoms with van der Waals surface area (Å²) in [6, 6.07) is 7.32. The minimum atomic E-state index is -0.878. The first-order valence-electron chi connectivity index (χ1n) is 6.17. The van der Waals surface area contributed by atoms with E-state index in [4.69, 9.17) is 0 Å². The second-order valence-electron chi connectivity index (χ2n) is 4.96. The number of hydrogen-bond acceptors (Lipinski definition) is 3. The quantitative estimate of drug-likeness (QED) is 0.840. The van der Waals surface area contributed by atoms with Gasteiger partial charge in [-0.25, -0.2) is 0 Å². The summed E-state index contributed by atoms with van der Waals surface area (Å²) in [5.74, 6) is -0.0534. The Morgan fingerprint density at radius 1 is 1.33 bits per heavy atom. The molecule has 2 N–H and O–H groups in total. The first-order valence-corrected chi connectivity index (χ1v) is 6.17. The fourth-order valence-corrected chi connectivity index (χ4v) is 1.76. The van der Waals surface area contributed by atoms with Crippen molar-refractivity contribution in [2.24, 2.45) is 0 Å². The molecule has 0 atom stereocenters. The Bertz CT molecular complexity index is 393. The lowest BCUT2D eigenvalue weighted by atomic mass is 10.1. The highest BCUT2D eigenvalue weighted by molar-refractivity contribution is 5.94. The molecule has 0 aliphatic heterocycles. The molecule has 0 saturated heterocycles. The number of anilines is 1. The van der Waals surface area contributed by atoms with Gasteiger partial charge >= 0.3 is 0 Å². The zero-order valence-electron chi connectivity index (χ0n) is 11.5. The van der Waals surface area contributed by atoms with E-state index >= 15 is 0 Å². The molecule has 1 aromatic rings. The number of benzene rings is 1. The van der Waals surface area contributed by atoms with E-state index in [9.17, 15) is 9.90 Å². The Kier molecular flexibility index (Phi) is 4.73. The molecular formula is C14H22N2O2. The fraction of sp³-hybridized carbons (Fsp3) is 0.500. The molecule has 0 bridgehead atoms. The van der Waals surface area contributed by atoms with Crippen LogP contribution in [-0.4, -0.2) is 41.7 Å². The first kappa shape index (κ1) is 14.5. The van der Waals surface area contributed by atoms with E-state index in [1.165, 1.54) is 0 Å². The second kappa shape index (κ2) is 5.87. The van der Waals surface area contributed by atoms with Crippen molar-refractivity contribution in [2.75, 3.05) is 25.5 Å². The molecular weight excluding hydrogens is 228 g/mol. The SMILES string of the molecule is CCN(CC(C)(C)O)C(=O)c1ccc(NC)cc1. The molecule has 100 valence electrons. The maximum absolute atomic E-state index is 12.2. The van der Waals surface area contributed by atoms with Crippen LogP contribution in [0.2, 0.25) is 0 Å². The summed E-state index contributed by atoms with van der Waals surface area (Å²) in [5.41, 5.74) is 0.730. The van der Waals surface area contributed by atoms with Gasteiger partial charge in [0.15, 0.2) is 0 Å². The van der Waals surface area contributed by atoms with Gasteiger partial charge in [0.2, 0.25) is 0 Å². The molecule has 0 radical (unpaired) electrons. The highest BCUT2D eigenvalue weighted by Crippen LogP contribution is 2.13. The third kappa shape index (κ3) is 4.04. The molecule has 1 aromatic carbocycles. The molecule has 18 heavy (non-hydrogen) atoms. The number of aliphatic hydroxyl groups is 1. The fourth-order valence-electron chi connectivity index (χ4n) is 1.76. The van der Waals surface area contributed by atoms with E-state index < -0.39 is 5.60 Å². The van der Waals surface area contributed by atoms with Crippen molar-refractivity contribution in [2.45, 2.75) is 26.4 Å². The lowest BCUT2D eigenvalue weighted by Crippen LogP contribution is -2.42. The third-order valence-electron chi connectivity index (χ3n) is 2.67. The average Bonchev–Trinajstić information content (AvgIpc) is 2.34. The van der Waals surface area contributed by atoms with E-state index in [2.05, 4.69) is 5.32 Å². The minimum absolute atomic E-state index is 0.0534. The van der Waals surface area contributed by atoms with E-state index in [-0.39, 0.29) is 5.91 Å². The van der Waals surface area contributed by atoms with Crippen molar-refractivity contribution >= 4 is 11.6 Å². The van der Waals surface area contributed by atoms with Crippen molar-refractivity contribution in [3.05, 3.63) is 29.8 Å². The summed E-state index contributed by atoms with van der Waals surface area (Å²) in [6.07, 6.45) is 0. The Hall–Kier alpha value is -1.55. The Morgan fingerprint density at radius 2 is 1.89 bits per heavy atom. The summed E-state index contributed by atoms with van der Waals surface area (Å²) < 4.78 is 0. The topological polar surface area (TPSA) is 52.6 Å². The van der Waals surface area contributed by atoms with Gasteiger partial charge < -0.3 is 15.3 Å². The maximum atomic E-state index is 12.2. The van der Waals surface area contributed by atoms with Crippen LogP contribution in [0.15, 0.2) is 24.3 Å². The van der Waals surface area contributed by atoms with Crippen LogP contribution in [0.4, 0.5) is 5.69 Å². The smallest absolute Gasteiger partial charge is 0.253 e. The van der Waals surface area contributed by atoms with Gasteiger partial charge in [-0.2, -0.15) is 0 Å². The van der Waals surface area contributed by atoms with Gasteiger partial charge in [-0.1, -0.05) is 0 Å². The van der Waals surface area contributed by atoms with Gasteiger partial charge in [0.1, 0.15) is 0 Å². The van der Waals surface area contributed by atoms with Crippen LogP contribution in [0.5, 0.6) is 0 Å². The summed E-state index contributed by atoms with van der Waals surface area (Å²) in [6.45, 7) is 6.22. The predicted molar refractivity (Wildman–Crippen MR) is 73.9 cm³/mol. The first-order chi connectivity index (χ1) is 8.37. The van der Waals surface area contributed by atoms with Gasteiger partial charge in [0.25, 0.3) is 5.91 Å². The van der Waals surface area contributed by atoms with E-state index in [1.54, 1.807) is 30.9 Å². The van der Waals surface area contributed by atoms with Gasteiger partial charge in [-0.15, -0.1) is 0 Å². The molecule has 0 spiro atoms. The zero-order valence-corrected chi connectivity index (χ0v) is 11.5. The summed E-state index contributed by atoms with van der Waals surface area (Å²) in [5, 5.41) is 12.8. The Morgan fingerprint density at radius 3 is 2.28 bits per heavy atom. The molecule has 0 aliphatic carbocycles. The third-order valence-corrected chi connectivity index (χ3v) is 2.67. The van der Waals surface area contributed by atoms with Crippen molar-refractivity contribution in [1.82, 2.24) is 4.90 Å². The van der Waals surface area contributed by atoms with Gasteiger partial charge in [0, 0.05) is 31.4 Å². The number of carbonyl (C=O) groups excluding carboxylic acids is 1. The van der Waals surface area contributed by atoms with Gasteiger partial charge in [-0.05, 0) is 45.0 Å². The van der Waals surface area contributed by atoms with Crippen LogP contribution in [-0.2, 0) is 0 Å². The number of hydrogen-bond donors (Lipinski definition) is 2. The van der Waals surface area contributed by atoms with Crippen LogP contribution < -0.4 is 5.32 Å². The lowest BCUT2D eigenvalue weighted by molar-refractivity contribution is 0.0314. The zero-order chi connectivity index (χ0) is 13.8. The average molecular weight is 250 g/mol. The number of nitrogens with zero attached hydrogens (tertiary/aromatic N) is 1. The van der Waals surface area contributed by atoms with Gasteiger partial charge in [0.05, 0.1) is 5.60 Å². The summed E-state index contributed by atoms with van der Waals surface area (Å²) >= 11 is 0. The minimum Gasteiger partial charge on any atom is -0.389 e. The molecule has 0 fully saturated rings. The largest absolute Gasteiger partial charge is 0.389 e. The molecule has 0 saturated carbocycles. The molecule has 0 aliphatic rings. The van der Waals surface area contributed by atoms with E-state index in [0.717, 1.165) is 5.69 Å². The summed E-state index contributed by atoms with van der Waals surface area (Å²) in [4.78, 5) is 13.9. The molecule has 1 amide bonds. The molecule has 4 nitrogen and oxygen atoms in total. The highest BCUT2D eigenvalue weighted by atomic mass is 16.3. The maximum Gasteiger partial charge on any atom is 0.253 e. The lowest BCUT2D eigenvalue weighted by Gasteiger charge is -2.28. The van der Waals surface area contributed by atoms with Crippen LogP contribution in [0, 0.1) is 0 Å². The van der Waals surface area contributed by atoms with Crippen molar-refractivity contribution in [1.29, 1.82) is 0 Å². The predicted octanol–water partition coefficient (Wildman–Crippen LogP) is 1.96. The van der Waals surface area contributed by atoms with E-state index in [0.29, 0.717) is 18.7 Å². The van der Waals surface area contributed by atoms with Crippen LogP contribution in [0.1, 0.15) is 31.1 Å². The van der Waals surface area contributed by atoms with Crippen LogP contribution in [0.25, 0.3) is 0 Å². The molecule has 0 unspecified atom stereocenters. The molecule has 0 heterocycles. The number of carbonyl (C=O) groups is 1. The molecule has 1 rings (SSSR count). The van der Waals surface area contributed by atoms with Crippen molar-refractivity contribution < 1.29 is 9.90 Å². The Balaban J connectivity index is 2.82. The number of amides is 1. The van der Waals surface area contributed by atoms with Gasteiger partial charge in [-0.3, -0.25) is 4.79 Å². The van der Waals surface area contributed by atoms with Crippen LogP contribution in [0.3, 0.4) is 0 Å². The van der Waals surface area contributed by atoms with Crippen LogP contribution >= 0.6 is 0 Å². The normalized spacial score (nSPS) is 11.2. The standard InChI is InChI=1S/C14H22N2O2/c1-5-16(10-14(2,3)18)13(17)11-6-8-12(15-4)9-7-11/h6-9,15,18H,5,10H2,1-4H3. The summed E-state index contributed by atoms with van der Waals surface area (Å²) in [7, 11) is 1.84. The number of nitrogens with one attached hydrogen (secondary N) is 1. The molecule has 0 aromatic heterocycles. The monoisotopic (exact) mass is 250 g/mol. The second-order valence-corrected chi connectivity index (χ2v) is 4.96. The number of rotatable bonds is 5. The van der Waals surface area contributed by atoms with Crippen molar-refractivity contribution in [3.8, 4) is 0 Å². The number of likely N-dealkylation sites (N-methyl/N-ethyl adjacent to an activating group) is 1. The van der Waals surface area contributed by atoms with E-state index in [1.807, 2.05) is 26.1 Å².